The van der Waals surface area contributed by atoms with E-state index in [4.69, 9.17) is 38.4 Å². The largest absolute Gasteiger partial charge is 0.493 e. The van der Waals surface area contributed by atoms with Gasteiger partial charge in [0.15, 0.2) is 18.1 Å². The second-order valence-electron chi connectivity index (χ2n) is 5.15. The first-order chi connectivity index (χ1) is 12.8. The van der Waals surface area contributed by atoms with Crippen LogP contribution in [0.1, 0.15) is 20.7 Å². The number of hydrazine groups is 1. The molecule has 27 heavy (non-hydrogen) atoms. The molecule has 0 unspecified atom stereocenters. The fraction of sp³-hybridized carbons (Fsp3) is 0.118. The maximum absolute atomic E-state index is 12.2. The topological polar surface area (TPSA) is 120 Å². The van der Waals surface area contributed by atoms with Crippen LogP contribution in [0.2, 0.25) is 10.0 Å². The van der Waals surface area contributed by atoms with Gasteiger partial charge in [-0.05, 0) is 36.4 Å². The summed E-state index contributed by atoms with van der Waals surface area (Å²) in [5.41, 5.74) is 9.80. The number of rotatable bonds is 6. The number of nitrogens with two attached hydrogens (primary N) is 1. The summed E-state index contributed by atoms with van der Waals surface area (Å²) in [5, 5.41) is 0.510. The number of halogens is 2. The number of hydrogen-bond acceptors (Lipinski definition) is 5. The summed E-state index contributed by atoms with van der Waals surface area (Å²) in [6.45, 7) is -0.335. The SMILES string of the molecule is COc1cc(C(=O)NNC(=O)c2cc(Cl)ccc2Cl)ccc1OCC(N)=O. The van der Waals surface area contributed by atoms with E-state index in [1.165, 1.54) is 43.5 Å². The Bertz CT molecular complexity index is 889. The van der Waals surface area contributed by atoms with Crippen molar-refractivity contribution in [2.24, 2.45) is 5.73 Å². The number of carbonyl (C=O) groups excluding carboxylic acids is 3. The van der Waals surface area contributed by atoms with Crippen LogP contribution >= 0.6 is 23.2 Å². The Labute approximate surface area is 164 Å². The van der Waals surface area contributed by atoms with Crippen LogP contribution in [0, 0.1) is 0 Å². The number of ether oxygens (including phenoxy) is 2. The number of benzene rings is 2. The Kier molecular flexibility index (Phi) is 6.86. The number of carbonyl (C=O) groups is 3. The van der Waals surface area contributed by atoms with E-state index in [2.05, 4.69) is 10.9 Å². The van der Waals surface area contributed by atoms with E-state index < -0.39 is 17.7 Å². The number of hydrogen-bond donors (Lipinski definition) is 3. The van der Waals surface area contributed by atoms with Gasteiger partial charge >= 0.3 is 0 Å². The van der Waals surface area contributed by atoms with Crippen LogP contribution in [0.25, 0.3) is 0 Å². The molecule has 0 heterocycles. The van der Waals surface area contributed by atoms with Gasteiger partial charge in [0, 0.05) is 10.6 Å². The Hall–Kier alpha value is -2.97. The maximum Gasteiger partial charge on any atom is 0.271 e. The smallest absolute Gasteiger partial charge is 0.271 e. The van der Waals surface area contributed by atoms with Crippen molar-refractivity contribution in [2.75, 3.05) is 13.7 Å². The van der Waals surface area contributed by atoms with Gasteiger partial charge in [-0.2, -0.15) is 0 Å². The van der Waals surface area contributed by atoms with E-state index in [-0.39, 0.29) is 34.3 Å². The predicted octanol–water partition coefficient (Wildman–Crippen LogP) is 1.94. The third-order valence-corrected chi connectivity index (χ3v) is 3.82. The molecule has 0 radical (unpaired) electrons. The molecule has 0 fully saturated rings. The highest BCUT2D eigenvalue weighted by Crippen LogP contribution is 2.28. The molecule has 0 aromatic heterocycles. The van der Waals surface area contributed by atoms with Gasteiger partial charge in [0.1, 0.15) is 0 Å². The fourth-order valence-electron chi connectivity index (χ4n) is 2.00. The van der Waals surface area contributed by atoms with Crippen molar-refractivity contribution < 1.29 is 23.9 Å². The van der Waals surface area contributed by atoms with Crippen LogP contribution in [0.4, 0.5) is 0 Å². The molecule has 8 nitrogen and oxygen atoms in total. The number of methoxy groups -OCH3 is 1. The molecule has 0 atom stereocenters. The summed E-state index contributed by atoms with van der Waals surface area (Å²) in [4.78, 5) is 35.1. The molecule has 0 bridgehead atoms. The van der Waals surface area contributed by atoms with E-state index in [9.17, 15) is 14.4 Å². The van der Waals surface area contributed by atoms with Crippen molar-refractivity contribution in [3.05, 3.63) is 57.6 Å². The standard InChI is InChI=1S/C17H15Cl2N3O5/c1-26-14-6-9(2-5-13(14)27-8-15(20)23)16(24)21-22-17(25)11-7-10(18)3-4-12(11)19/h2-7H,8H2,1H3,(H2,20,23)(H,21,24)(H,22,25). The quantitative estimate of drug-likeness (QED) is 0.627. The highest BCUT2D eigenvalue weighted by molar-refractivity contribution is 6.35. The average Bonchev–Trinajstić information content (AvgIpc) is 2.65. The Morgan fingerprint density at radius 1 is 1.00 bits per heavy atom. The summed E-state index contributed by atoms with van der Waals surface area (Å²) in [5.74, 6) is -1.44. The van der Waals surface area contributed by atoms with Crippen LogP contribution < -0.4 is 26.1 Å². The molecule has 0 saturated carbocycles. The molecule has 2 rings (SSSR count). The van der Waals surface area contributed by atoms with Gasteiger partial charge in [-0.15, -0.1) is 0 Å². The van der Waals surface area contributed by atoms with Gasteiger partial charge < -0.3 is 15.2 Å². The third-order valence-electron chi connectivity index (χ3n) is 3.26. The normalized spacial score (nSPS) is 10.0. The average molecular weight is 412 g/mol. The van der Waals surface area contributed by atoms with Gasteiger partial charge in [-0.3, -0.25) is 25.2 Å². The minimum Gasteiger partial charge on any atom is -0.493 e. The second kappa shape index (κ2) is 9.11. The van der Waals surface area contributed by atoms with Crippen molar-refractivity contribution >= 4 is 40.9 Å². The van der Waals surface area contributed by atoms with Crippen molar-refractivity contribution in [1.82, 2.24) is 10.9 Å². The molecule has 3 amide bonds. The van der Waals surface area contributed by atoms with Crippen LogP contribution in [0.15, 0.2) is 36.4 Å². The zero-order valence-corrected chi connectivity index (χ0v) is 15.6. The highest BCUT2D eigenvalue weighted by atomic mass is 35.5. The Morgan fingerprint density at radius 2 is 1.70 bits per heavy atom. The molecule has 0 aliphatic heterocycles. The number of nitrogens with one attached hydrogen (secondary N) is 2. The Morgan fingerprint density at radius 3 is 2.37 bits per heavy atom. The molecule has 4 N–H and O–H groups in total. The first-order valence-corrected chi connectivity index (χ1v) is 8.22. The molecule has 0 aliphatic rings. The van der Waals surface area contributed by atoms with E-state index in [1.807, 2.05) is 0 Å². The minimum atomic E-state index is -0.652. The highest BCUT2D eigenvalue weighted by Gasteiger charge is 2.15. The molecule has 142 valence electrons. The van der Waals surface area contributed by atoms with Crippen molar-refractivity contribution in [3.63, 3.8) is 0 Å². The monoisotopic (exact) mass is 411 g/mol. The number of primary amides is 1. The lowest BCUT2D eigenvalue weighted by Crippen LogP contribution is -2.41. The molecular formula is C17H15Cl2N3O5. The van der Waals surface area contributed by atoms with Crippen molar-refractivity contribution in [1.29, 1.82) is 0 Å². The third kappa shape index (κ3) is 5.50. The fourth-order valence-corrected chi connectivity index (χ4v) is 2.38. The van der Waals surface area contributed by atoms with Crippen molar-refractivity contribution in [2.45, 2.75) is 0 Å². The second-order valence-corrected chi connectivity index (χ2v) is 6.00. The van der Waals surface area contributed by atoms with Crippen molar-refractivity contribution in [3.8, 4) is 11.5 Å². The van der Waals surface area contributed by atoms with Gasteiger partial charge in [-0.25, -0.2) is 0 Å². The predicted molar refractivity (Wildman–Crippen MR) is 99.1 cm³/mol. The van der Waals surface area contributed by atoms with E-state index in [0.717, 1.165) is 0 Å². The summed E-state index contributed by atoms with van der Waals surface area (Å²) in [6, 6.07) is 8.62. The Balaban J connectivity index is 2.06. The molecule has 0 saturated heterocycles. The van der Waals surface area contributed by atoms with Gasteiger partial charge in [0.25, 0.3) is 17.7 Å². The molecule has 2 aromatic carbocycles. The van der Waals surface area contributed by atoms with Crippen LogP contribution in [0.3, 0.4) is 0 Å². The molecule has 2 aromatic rings. The van der Waals surface area contributed by atoms with E-state index in [0.29, 0.717) is 5.02 Å². The zero-order chi connectivity index (χ0) is 20.0. The molecule has 0 aliphatic carbocycles. The van der Waals surface area contributed by atoms with E-state index >= 15 is 0 Å². The van der Waals surface area contributed by atoms with Gasteiger partial charge in [-0.1, -0.05) is 23.2 Å². The summed E-state index contributed by atoms with van der Waals surface area (Å²) in [6.07, 6.45) is 0. The van der Waals surface area contributed by atoms with Gasteiger partial charge in [0.05, 0.1) is 17.7 Å². The van der Waals surface area contributed by atoms with Gasteiger partial charge in [0.2, 0.25) is 0 Å². The lowest BCUT2D eigenvalue weighted by atomic mass is 10.2. The lowest BCUT2D eigenvalue weighted by molar-refractivity contribution is -0.119. The summed E-state index contributed by atoms with van der Waals surface area (Å²) >= 11 is 11.8. The first-order valence-electron chi connectivity index (χ1n) is 7.46. The van der Waals surface area contributed by atoms with E-state index in [1.54, 1.807) is 0 Å². The van der Waals surface area contributed by atoms with Crippen LogP contribution in [-0.4, -0.2) is 31.4 Å². The van der Waals surface area contributed by atoms with Crippen LogP contribution in [-0.2, 0) is 4.79 Å². The first kappa shape index (κ1) is 20.3. The zero-order valence-electron chi connectivity index (χ0n) is 14.0. The molecular weight excluding hydrogens is 397 g/mol. The molecule has 0 spiro atoms. The molecule has 10 heteroatoms. The minimum absolute atomic E-state index is 0.109. The summed E-state index contributed by atoms with van der Waals surface area (Å²) < 4.78 is 10.3. The van der Waals surface area contributed by atoms with Crippen LogP contribution in [0.5, 0.6) is 11.5 Å². The number of amides is 3. The summed E-state index contributed by atoms with van der Waals surface area (Å²) in [7, 11) is 1.37. The lowest BCUT2D eigenvalue weighted by Gasteiger charge is -2.12. The maximum atomic E-state index is 12.2.